The van der Waals surface area contributed by atoms with Crippen LogP contribution in [0.1, 0.15) is 71.1 Å². The molecule has 0 rings (SSSR count). The van der Waals surface area contributed by atoms with Crippen molar-refractivity contribution in [1.29, 1.82) is 0 Å². The van der Waals surface area contributed by atoms with Crippen LogP contribution in [-0.4, -0.2) is 29.7 Å². The van der Waals surface area contributed by atoms with Gasteiger partial charge in [0.2, 0.25) is 0 Å². The van der Waals surface area contributed by atoms with Gasteiger partial charge in [0.1, 0.15) is 0 Å². The van der Waals surface area contributed by atoms with Crippen molar-refractivity contribution in [2.75, 3.05) is 13.2 Å². The SMILES string of the molecule is CCCCCCCCCCCCOCC(O)O. The van der Waals surface area contributed by atoms with Crippen molar-refractivity contribution in [3.8, 4) is 0 Å². The van der Waals surface area contributed by atoms with Crippen molar-refractivity contribution >= 4 is 0 Å². The van der Waals surface area contributed by atoms with Crippen LogP contribution in [0.25, 0.3) is 0 Å². The van der Waals surface area contributed by atoms with E-state index in [0.29, 0.717) is 6.61 Å². The molecule has 0 saturated heterocycles. The summed E-state index contributed by atoms with van der Waals surface area (Å²) < 4.78 is 5.07. The Labute approximate surface area is 106 Å². The molecule has 0 atom stereocenters. The standard InChI is InChI=1S/C14H30O3/c1-2-3-4-5-6-7-8-9-10-11-12-17-13-14(15)16/h14-16H,2-13H2,1H3. The lowest BCUT2D eigenvalue weighted by Gasteiger charge is -2.05. The highest BCUT2D eigenvalue weighted by Gasteiger charge is 1.96. The van der Waals surface area contributed by atoms with Crippen LogP contribution >= 0.6 is 0 Å². The lowest BCUT2D eigenvalue weighted by Crippen LogP contribution is -2.14. The van der Waals surface area contributed by atoms with E-state index in [4.69, 9.17) is 14.9 Å². The zero-order valence-corrected chi connectivity index (χ0v) is 11.4. The van der Waals surface area contributed by atoms with Crippen LogP contribution < -0.4 is 0 Å². The van der Waals surface area contributed by atoms with Crippen molar-refractivity contribution in [2.45, 2.75) is 77.4 Å². The molecule has 0 aromatic rings. The van der Waals surface area contributed by atoms with Crippen LogP contribution in [0.15, 0.2) is 0 Å². The number of unbranched alkanes of at least 4 members (excludes halogenated alkanes) is 9. The first-order valence-electron chi connectivity index (χ1n) is 7.21. The van der Waals surface area contributed by atoms with E-state index < -0.39 is 6.29 Å². The minimum atomic E-state index is -1.32. The van der Waals surface area contributed by atoms with E-state index in [-0.39, 0.29) is 6.61 Å². The van der Waals surface area contributed by atoms with E-state index in [1.165, 1.54) is 57.8 Å². The normalized spacial score (nSPS) is 11.3. The molecular formula is C14H30O3. The summed E-state index contributed by atoms with van der Waals surface area (Å²) in [4.78, 5) is 0. The van der Waals surface area contributed by atoms with Crippen molar-refractivity contribution in [3.63, 3.8) is 0 Å². The second kappa shape index (κ2) is 13.9. The fourth-order valence-electron chi connectivity index (χ4n) is 1.88. The van der Waals surface area contributed by atoms with Crippen LogP contribution in [0.3, 0.4) is 0 Å². The first-order valence-corrected chi connectivity index (χ1v) is 7.21. The summed E-state index contributed by atoms with van der Waals surface area (Å²) >= 11 is 0. The van der Waals surface area contributed by atoms with E-state index in [9.17, 15) is 0 Å². The Bertz CT molecular complexity index is 137. The topological polar surface area (TPSA) is 49.7 Å². The predicted molar refractivity (Wildman–Crippen MR) is 70.9 cm³/mol. The first kappa shape index (κ1) is 16.9. The van der Waals surface area contributed by atoms with Gasteiger partial charge in [0.25, 0.3) is 0 Å². The molecule has 104 valence electrons. The van der Waals surface area contributed by atoms with E-state index in [0.717, 1.165) is 6.42 Å². The smallest absolute Gasteiger partial charge is 0.175 e. The largest absolute Gasteiger partial charge is 0.376 e. The van der Waals surface area contributed by atoms with Crippen LogP contribution in [0.4, 0.5) is 0 Å². The molecule has 0 fully saturated rings. The molecule has 0 aromatic heterocycles. The number of rotatable bonds is 13. The third-order valence-electron chi connectivity index (χ3n) is 2.91. The first-order chi connectivity index (χ1) is 8.27. The molecule has 0 heterocycles. The Morgan fingerprint density at radius 2 is 1.24 bits per heavy atom. The Kier molecular flexibility index (Phi) is 13.8. The van der Waals surface area contributed by atoms with Gasteiger partial charge in [-0.15, -0.1) is 0 Å². The summed E-state index contributed by atoms with van der Waals surface area (Å²) in [6.07, 6.45) is 11.7. The van der Waals surface area contributed by atoms with Crippen molar-refractivity contribution in [3.05, 3.63) is 0 Å². The monoisotopic (exact) mass is 246 g/mol. The molecule has 3 heteroatoms. The number of aliphatic hydroxyl groups is 2. The second-order valence-electron chi connectivity index (χ2n) is 4.74. The lowest BCUT2D eigenvalue weighted by atomic mass is 10.1. The molecule has 0 aliphatic carbocycles. The average Bonchev–Trinajstić information content (AvgIpc) is 2.30. The highest BCUT2D eigenvalue weighted by atomic mass is 16.5. The molecule has 0 aliphatic rings. The zero-order valence-electron chi connectivity index (χ0n) is 11.4. The van der Waals surface area contributed by atoms with Gasteiger partial charge in [-0.1, -0.05) is 64.7 Å². The molecule has 2 N–H and O–H groups in total. The van der Waals surface area contributed by atoms with Gasteiger partial charge in [0.05, 0.1) is 6.61 Å². The predicted octanol–water partition coefficient (Wildman–Crippen LogP) is 3.23. The second-order valence-corrected chi connectivity index (χ2v) is 4.74. The summed E-state index contributed by atoms with van der Waals surface area (Å²) in [6, 6.07) is 0. The van der Waals surface area contributed by atoms with Gasteiger partial charge >= 0.3 is 0 Å². The fraction of sp³-hybridized carbons (Fsp3) is 1.00. The van der Waals surface area contributed by atoms with Gasteiger partial charge in [-0.2, -0.15) is 0 Å². The third kappa shape index (κ3) is 15.9. The van der Waals surface area contributed by atoms with Crippen molar-refractivity contribution in [1.82, 2.24) is 0 Å². The lowest BCUT2D eigenvalue weighted by molar-refractivity contribution is -0.0949. The van der Waals surface area contributed by atoms with Crippen LogP contribution in [0.2, 0.25) is 0 Å². The zero-order chi connectivity index (χ0) is 12.8. The minimum absolute atomic E-state index is 0.0391. The quantitative estimate of drug-likeness (QED) is 0.387. The molecule has 0 amide bonds. The van der Waals surface area contributed by atoms with E-state index >= 15 is 0 Å². The maximum atomic E-state index is 8.54. The van der Waals surface area contributed by atoms with Gasteiger partial charge in [-0.3, -0.25) is 0 Å². The highest BCUT2D eigenvalue weighted by Crippen LogP contribution is 2.10. The Hall–Kier alpha value is -0.120. The summed E-state index contributed by atoms with van der Waals surface area (Å²) in [7, 11) is 0. The number of aliphatic hydroxyl groups excluding tert-OH is 1. The van der Waals surface area contributed by atoms with Crippen LogP contribution in [-0.2, 0) is 4.74 Å². The molecule has 3 nitrogen and oxygen atoms in total. The van der Waals surface area contributed by atoms with Gasteiger partial charge in [-0.25, -0.2) is 0 Å². The van der Waals surface area contributed by atoms with Crippen LogP contribution in [0, 0.1) is 0 Å². The maximum Gasteiger partial charge on any atom is 0.175 e. The Balaban J connectivity index is 2.89. The molecule has 0 spiro atoms. The Morgan fingerprint density at radius 3 is 1.71 bits per heavy atom. The molecule has 0 bridgehead atoms. The number of hydrogen-bond acceptors (Lipinski definition) is 3. The summed E-state index contributed by atoms with van der Waals surface area (Å²) in [5.74, 6) is 0. The van der Waals surface area contributed by atoms with Crippen LogP contribution in [0.5, 0.6) is 0 Å². The molecule has 0 aliphatic heterocycles. The average molecular weight is 246 g/mol. The summed E-state index contributed by atoms with van der Waals surface area (Å²) in [5.41, 5.74) is 0. The van der Waals surface area contributed by atoms with Gasteiger partial charge in [0, 0.05) is 6.61 Å². The molecule has 0 aromatic carbocycles. The minimum Gasteiger partial charge on any atom is -0.376 e. The van der Waals surface area contributed by atoms with E-state index in [2.05, 4.69) is 6.92 Å². The maximum absolute atomic E-state index is 8.54. The van der Waals surface area contributed by atoms with Crippen molar-refractivity contribution < 1.29 is 14.9 Å². The molecule has 0 radical (unpaired) electrons. The summed E-state index contributed by atoms with van der Waals surface area (Å²) in [5, 5.41) is 17.1. The number of hydrogen-bond donors (Lipinski definition) is 2. The summed E-state index contributed by atoms with van der Waals surface area (Å²) in [6.45, 7) is 2.93. The molecule has 0 unspecified atom stereocenters. The number of ether oxygens (including phenoxy) is 1. The fourth-order valence-corrected chi connectivity index (χ4v) is 1.88. The van der Waals surface area contributed by atoms with Crippen molar-refractivity contribution in [2.24, 2.45) is 0 Å². The van der Waals surface area contributed by atoms with Gasteiger partial charge in [0.15, 0.2) is 6.29 Å². The molecule has 17 heavy (non-hydrogen) atoms. The Morgan fingerprint density at radius 1 is 0.765 bits per heavy atom. The third-order valence-corrected chi connectivity index (χ3v) is 2.91. The van der Waals surface area contributed by atoms with Gasteiger partial charge < -0.3 is 14.9 Å². The molecule has 0 saturated carbocycles. The van der Waals surface area contributed by atoms with Gasteiger partial charge in [-0.05, 0) is 6.42 Å². The van der Waals surface area contributed by atoms with E-state index in [1.807, 2.05) is 0 Å². The highest BCUT2D eigenvalue weighted by molar-refractivity contribution is 4.47. The van der Waals surface area contributed by atoms with E-state index in [1.54, 1.807) is 0 Å². The molecular weight excluding hydrogens is 216 g/mol.